The fourth-order valence-electron chi connectivity index (χ4n) is 3.56. The van der Waals surface area contributed by atoms with Gasteiger partial charge in [0.2, 0.25) is 0 Å². The Kier molecular flexibility index (Phi) is 6.28. The first kappa shape index (κ1) is 19.2. The summed E-state index contributed by atoms with van der Waals surface area (Å²) in [7, 11) is 0. The summed E-state index contributed by atoms with van der Waals surface area (Å²) in [4.78, 5) is 27.2. The van der Waals surface area contributed by atoms with E-state index in [0.29, 0.717) is 24.2 Å². The smallest absolute Gasteiger partial charge is 0.258 e. The predicted octanol–water partition coefficient (Wildman–Crippen LogP) is 4.51. The number of hydrogen-bond acceptors (Lipinski definition) is 2. The lowest BCUT2D eigenvalue weighted by Gasteiger charge is -2.30. The average molecular weight is 364 g/mol. The lowest BCUT2D eigenvalue weighted by atomic mass is 9.98. The third-order valence-electron chi connectivity index (χ3n) is 5.04. The minimum absolute atomic E-state index is 0.0245. The molecule has 1 heterocycles. The van der Waals surface area contributed by atoms with Crippen molar-refractivity contribution in [2.24, 2.45) is 0 Å². The van der Waals surface area contributed by atoms with Gasteiger partial charge >= 0.3 is 0 Å². The van der Waals surface area contributed by atoms with E-state index in [1.807, 2.05) is 54.3 Å². The van der Waals surface area contributed by atoms with Gasteiger partial charge in [-0.05, 0) is 62.1 Å². The molecule has 0 atom stereocenters. The van der Waals surface area contributed by atoms with E-state index in [1.165, 1.54) is 0 Å². The molecule has 0 saturated heterocycles. The summed E-state index contributed by atoms with van der Waals surface area (Å²) in [5, 5.41) is 2.99. The van der Waals surface area contributed by atoms with Gasteiger partial charge in [0.05, 0.1) is 0 Å². The number of aryl methyl sites for hydroxylation is 2. The van der Waals surface area contributed by atoms with Gasteiger partial charge in [0, 0.05) is 29.9 Å². The number of amides is 2. The zero-order valence-corrected chi connectivity index (χ0v) is 16.3. The van der Waals surface area contributed by atoms with Crippen LogP contribution in [-0.4, -0.2) is 24.9 Å². The van der Waals surface area contributed by atoms with Gasteiger partial charge in [-0.25, -0.2) is 0 Å². The first-order chi connectivity index (χ1) is 13.1. The normalized spacial score (nSPS) is 13.2. The first-order valence-corrected chi connectivity index (χ1v) is 9.90. The number of carbonyl (C=O) groups excluding carboxylic acids is 2. The fraction of sp³-hybridized carbons (Fsp3) is 0.391. The Labute approximate surface area is 161 Å². The van der Waals surface area contributed by atoms with Crippen LogP contribution in [0.15, 0.2) is 42.5 Å². The van der Waals surface area contributed by atoms with Crippen molar-refractivity contribution in [2.45, 2.75) is 46.0 Å². The first-order valence-electron chi connectivity index (χ1n) is 9.90. The third-order valence-corrected chi connectivity index (χ3v) is 5.04. The number of anilines is 1. The maximum atomic E-state index is 13.0. The SMILES string of the molecule is CCCCCNC(=O)c1ccc2c(c1)CCCN2C(=O)c1cccc(C)c1. The van der Waals surface area contributed by atoms with Crippen LogP contribution in [0, 0.1) is 6.92 Å². The Morgan fingerprint density at radius 3 is 2.70 bits per heavy atom. The quantitative estimate of drug-likeness (QED) is 0.767. The van der Waals surface area contributed by atoms with Gasteiger partial charge in [-0.15, -0.1) is 0 Å². The minimum atomic E-state index is -0.0314. The highest BCUT2D eigenvalue weighted by atomic mass is 16.2. The van der Waals surface area contributed by atoms with Crippen molar-refractivity contribution in [2.75, 3.05) is 18.0 Å². The van der Waals surface area contributed by atoms with Crippen LogP contribution >= 0.6 is 0 Å². The third kappa shape index (κ3) is 4.57. The molecule has 0 aromatic heterocycles. The van der Waals surface area contributed by atoms with E-state index >= 15 is 0 Å². The predicted molar refractivity (Wildman–Crippen MR) is 109 cm³/mol. The second-order valence-electron chi connectivity index (χ2n) is 7.24. The van der Waals surface area contributed by atoms with Crippen molar-refractivity contribution in [1.29, 1.82) is 0 Å². The highest BCUT2D eigenvalue weighted by molar-refractivity contribution is 6.07. The van der Waals surface area contributed by atoms with E-state index < -0.39 is 0 Å². The number of rotatable bonds is 6. The van der Waals surface area contributed by atoms with Crippen molar-refractivity contribution in [3.63, 3.8) is 0 Å². The molecule has 4 heteroatoms. The highest BCUT2D eigenvalue weighted by Gasteiger charge is 2.24. The molecule has 142 valence electrons. The molecule has 0 spiro atoms. The van der Waals surface area contributed by atoms with E-state index in [0.717, 1.165) is 48.9 Å². The molecule has 27 heavy (non-hydrogen) atoms. The molecular formula is C23H28N2O2. The number of hydrogen-bond donors (Lipinski definition) is 1. The molecule has 1 N–H and O–H groups in total. The van der Waals surface area contributed by atoms with Crippen LogP contribution in [0.5, 0.6) is 0 Å². The topological polar surface area (TPSA) is 49.4 Å². The van der Waals surface area contributed by atoms with Crippen molar-refractivity contribution >= 4 is 17.5 Å². The summed E-state index contributed by atoms with van der Waals surface area (Å²) in [6.45, 7) is 5.56. The Balaban J connectivity index is 1.76. The summed E-state index contributed by atoms with van der Waals surface area (Å²) in [5.74, 6) is -0.00699. The van der Waals surface area contributed by atoms with Gasteiger partial charge in [0.1, 0.15) is 0 Å². The second kappa shape index (κ2) is 8.85. The standard InChI is InChI=1S/C23H28N2O2/c1-3-4-5-13-24-22(26)19-11-12-21-18(16-19)10-7-14-25(21)23(27)20-9-6-8-17(2)15-20/h6,8-9,11-12,15-16H,3-5,7,10,13-14H2,1-2H3,(H,24,26). The van der Waals surface area contributed by atoms with E-state index in [4.69, 9.17) is 0 Å². The maximum absolute atomic E-state index is 13.0. The maximum Gasteiger partial charge on any atom is 0.258 e. The molecule has 0 unspecified atom stereocenters. The number of fused-ring (bicyclic) bond motifs is 1. The van der Waals surface area contributed by atoms with Gasteiger partial charge < -0.3 is 10.2 Å². The van der Waals surface area contributed by atoms with Crippen molar-refractivity contribution in [3.05, 3.63) is 64.7 Å². The molecule has 2 aromatic carbocycles. The van der Waals surface area contributed by atoms with Crippen LogP contribution in [0.2, 0.25) is 0 Å². The summed E-state index contributed by atoms with van der Waals surface area (Å²) in [6.07, 6.45) is 5.07. The highest BCUT2D eigenvalue weighted by Crippen LogP contribution is 2.29. The molecule has 0 aliphatic carbocycles. The van der Waals surface area contributed by atoms with Crippen LogP contribution in [0.4, 0.5) is 5.69 Å². The minimum Gasteiger partial charge on any atom is -0.352 e. The van der Waals surface area contributed by atoms with Crippen molar-refractivity contribution in [1.82, 2.24) is 5.32 Å². The summed E-state index contributed by atoms with van der Waals surface area (Å²) >= 11 is 0. The largest absolute Gasteiger partial charge is 0.352 e. The Morgan fingerprint density at radius 2 is 1.93 bits per heavy atom. The number of nitrogens with one attached hydrogen (secondary N) is 1. The Hall–Kier alpha value is -2.62. The van der Waals surface area contributed by atoms with Crippen LogP contribution < -0.4 is 10.2 Å². The van der Waals surface area contributed by atoms with Crippen molar-refractivity contribution in [3.8, 4) is 0 Å². The van der Waals surface area contributed by atoms with Gasteiger partial charge in [-0.1, -0.05) is 37.5 Å². The Morgan fingerprint density at radius 1 is 1.07 bits per heavy atom. The monoisotopic (exact) mass is 364 g/mol. The molecule has 0 radical (unpaired) electrons. The van der Waals surface area contributed by atoms with Gasteiger partial charge in [0.15, 0.2) is 0 Å². The number of benzene rings is 2. The molecule has 2 amide bonds. The molecule has 3 rings (SSSR count). The molecule has 2 aromatic rings. The Bertz CT molecular complexity index is 829. The van der Waals surface area contributed by atoms with Gasteiger partial charge in [-0.3, -0.25) is 9.59 Å². The van der Waals surface area contributed by atoms with Crippen LogP contribution in [0.1, 0.15) is 64.4 Å². The second-order valence-corrected chi connectivity index (χ2v) is 7.24. The number of carbonyl (C=O) groups is 2. The molecule has 0 saturated carbocycles. The van der Waals surface area contributed by atoms with E-state index in [-0.39, 0.29) is 11.8 Å². The molecular weight excluding hydrogens is 336 g/mol. The van der Waals surface area contributed by atoms with E-state index in [2.05, 4.69) is 12.2 Å². The summed E-state index contributed by atoms with van der Waals surface area (Å²) < 4.78 is 0. The fourth-order valence-corrected chi connectivity index (χ4v) is 3.56. The molecule has 1 aliphatic heterocycles. The summed E-state index contributed by atoms with van der Waals surface area (Å²) in [6, 6.07) is 13.4. The molecule has 4 nitrogen and oxygen atoms in total. The van der Waals surface area contributed by atoms with Crippen LogP contribution in [0.25, 0.3) is 0 Å². The molecule has 1 aliphatic rings. The number of nitrogens with zero attached hydrogens (tertiary/aromatic N) is 1. The average Bonchev–Trinajstić information content (AvgIpc) is 2.69. The van der Waals surface area contributed by atoms with Crippen LogP contribution in [-0.2, 0) is 6.42 Å². The van der Waals surface area contributed by atoms with Gasteiger partial charge in [0.25, 0.3) is 11.8 Å². The zero-order chi connectivity index (χ0) is 19.2. The molecule has 0 bridgehead atoms. The van der Waals surface area contributed by atoms with Gasteiger partial charge in [-0.2, -0.15) is 0 Å². The van der Waals surface area contributed by atoms with Crippen LogP contribution in [0.3, 0.4) is 0 Å². The van der Waals surface area contributed by atoms with E-state index in [9.17, 15) is 9.59 Å². The molecule has 0 fully saturated rings. The zero-order valence-electron chi connectivity index (χ0n) is 16.3. The summed E-state index contributed by atoms with van der Waals surface area (Å²) in [5.41, 5.74) is 4.46. The van der Waals surface area contributed by atoms with Crippen molar-refractivity contribution < 1.29 is 9.59 Å². The lowest BCUT2D eigenvalue weighted by molar-refractivity contribution is 0.0952. The number of unbranched alkanes of at least 4 members (excludes halogenated alkanes) is 2. The van der Waals surface area contributed by atoms with E-state index in [1.54, 1.807) is 0 Å². The lowest BCUT2D eigenvalue weighted by Crippen LogP contribution is -2.35.